The standard InChI is InChI=1S/C52H37N.C31H21N.C21H17Cl/c1-51(2)45-23-10-6-20-42(45)44-22-14-21-38(50(44)51)34-27-29-36(30-28-34)53(35-15-4-3-5-16-35)37-31-32-43-41-19-9-13-26-48(41)52(49(43)33-37)46-24-11-7-17-39(46)40-18-8-12-25-47(40)52;1-2-10-21(11-3-1)32-22-18-19-26-25-14-6-9-17-29(25)31(30(26)20-22)27-15-7-4-12-23(27)24-13-5-8-16-28(24)31;1-21(2)19-9-4-3-6-17(19)18-8-5-7-16(20(18)21)14-10-12-15(22)13-11-14/h3-33H,1-2H3;1-20,32H;3-13H,1-2H3. The Morgan fingerprint density at radius 3 is 0.916 bits per heavy atom. The Labute approximate surface area is 632 Å². The Morgan fingerprint density at radius 1 is 0.215 bits per heavy atom. The predicted molar refractivity (Wildman–Crippen MR) is 447 cm³/mol. The summed E-state index contributed by atoms with van der Waals surface area (Å²) in [6.45, 7) is 9.37. The molecule has 2 spiro atoms. The summed E-state index contributed by atoms with van der Waals surface area (Å²) in [6.07, 6.45) is 0. The number of nitrogens with one attached hydrogen (secondary N) is 1. The first kappa shape index (κ1) is 64.0. The summed E-state index contributed by atoms with van der Waals surface area (Å²) in [5.41, 5.74) is 42.5. The van der Waals surface area contributed by atoms with Gasteiger partial charge in [-0.15, -0.1) is 0 Å². The molecule has 0 atom stereocenters. The van der Waals surface area contributed by atoms with E-state index in [-0.39, 0.29) is 21.7 Å². The normalized spacial score (nSPS) is 14.3. The average Bonchev–Trinajstić information content (AvgIpc) is 1.52. The molecule has 16 aromatic rings. The molecule has 0 fully saturated rings. The number of halogens is 1. The van der Waals surface area contributed by atoms with Crippen molar-refractivity contribution in [3.63, 3.8) is 0 Å². The van der Waals surface area contributed by atoms with Crippen LogP contribution in [0.1, 0.15) is 94.5 Å². The van der Waals surface area contributed by atoms with Crippen LogP contribution in [0.15, 0.2) is 376 Å². The van der Waals surface area contributed by atoms with Crippen LogP contribution < -0.4 is 10.2 Å². The summed E-state index contributed by atoms with van der Waals surface area (Å²) in [5.74, 6) is 0. The Kier molecular flexibility index (Phi) is 14.8. The number of anilines is 5. The molecule has 0 unspecified atom stereocenters. The van der Waals surface area contributed by atoms with Gasteiger partial charge in [0, 0.05) is 44.3 Å². The molecule has 508 valence electrons. The van der Waals surface area contributed by atoms with E-state index in [2.05, 4.69) is 396 Å². The molecule has 0 aromatic heterocycles. The summed E-state index contributed by atoms with van der Waals surface area (Å²) < 4.78 is 0. The smallest absolute Gasteiger partial charge is 0.0726 e. The molecular weight excluding hydrogens is 1310 g/mol. The average molecular weight is 1390 g/mol. The number of hydrogen-bond donors (Lipinski definition) is 1. The fraction of sp³-hybridized carbons (Fsp3) is 0.0769. The van der Waals surface area contributed by atoms with Crippen LogP contribution in [-0.2, 0) is 21.7 Å². The van der Waals surface area contributed by atoms with Crippen molar-refractivity contribution in [1.82, 2.24) is 0 Å². The van der Waals surface area contributed by atoms with Gasteiger partial charge in [-0.25, -0.2) is 0 Å². The van der Waals surface area contributed by atoms with E-state index in [1.165, 1.54) is 156 Å². The first-order chi connectivity index (χ1) is 52.5. The van der Waals surface area contributed by atoms with Gasteiger partial charge in [0.05, 0.1) is 10.8 Å². The highest BCUT2D eigenvalue weighted by atomic mass is 35.5. The number of fused-ring (bicyclic) bond motifs is 26. The third-order valence-corrected chi connectivity index (χ3v) is 24.3. The summed E-state index contributed by atoms with van der Waals surface area (Å²) in [7, 11) is 0. The Hall–Kier alpha value is -12.6. The lowest BCUT2D eigenvalue weighted by Gasteiger charge is -2.32. The number of hydrogen-bond acceptors (Lipinski definition) is 2. The lowest BCUT2D eigenvalue weighted by molar-refractivity contribution is 0.662. The van der Waals surface area contributed by atoms with Crippen molar-refractivity contribution < 1.29 is 0 Å². The molecule has 22 rings (SSSR count). The van der Waals surface area contributed by atoms with Gasteiger partial charge in [0.2, 0.25) is 0 Å². The third kappa shape index (κ3) is 9.58. The Balaban J connectivity index is 0.000000118. The molecule has 6 aliphatic rings. The van der Waals surface area contributed by atoms with Gasteiger partial charge in [0.25, 0.3) is 0 Å². The molecule has 0 amide bonds. The van der Waals surface area contributed by atoms with Gasteiger partial charge in [-0.2, -0.15) is 0 Å². The van der Waals surface area contributed by atoms with Crippen LogP contribution in [0.5, 0.6) is 0 Å². The molecular formula is C104H75ClN2. The van der Waals surface area contributed by atoms with Crippen LogP contribution in [-0.4, -0.2) is 0 Å². The van der Waals surface area contributed by atoms with E-state index in [9.17, 15) is 0 Å². The zero-order valence-corrected chi connectivity index (χ0v) is 60.9. The van der Waals surface area contributed by atoms with Crippen LogP contribution >= 0.6 is 11.6 Å². The van der Waals surface area contributed by atoms with Crippen LogP contribution in [0.2, 0.25) is 5.02 Å². The number of nitrogens with zero attached hydrogens (tertiary/aromatic N) is 1. The van der Waals surface area contributed by atoms with E-state index in [4.69, 9.17) is 11.6 Å². The fourth-order valence-electron chi connectivity index (χ4n) is 19.7. The lowest BCUT2D eigenvalue weighted by Crippen LogP contribution is -2.26. The maximum Gasteiger partial charge on any atom is 0.0726 e. The van der Waals surface area contributed by atoms with Crippen LogP contribution in [0, 0.1) is 0 Å². The highest BCUT2D eigenvalue weighted by molar-refractivity contribution is 6.30. The quantitative estimate of drug-likeness (QED) is 0.171. The topological polar surface area (TPSA) is 15.3 Å². The summed E-state index contributed by atoms with van der Waals surface area (Å²) in [4.78, 5) is 2.42. The Morgan fingerprint density at radius 2 is 0.505 bits per heavy atom. The lowest BCUT2D eigenvalue weighted by atomic mass is 9.70. The molecule has 0 saturated carbocycles. The van der Waals surface area contributed by atoms with Crippen molar-refractivity contribution in [2.75, 3.05) is 10.2 Å². The maximum atomic E-state index is 6.05. The van der Waals surface area contributed by atoms with Gasteiger partial charge in [0.15, 0.2) is 0 Å². The molecule has 0 saturated heterocycles. The highest BCUT2D eigenvalue weighted by Gasteiger charge is 2.53. The van der Waals surface area contributed by atoms with E-state index < -0.39 is 0 Å². The van der Waals surface area contributed by atoms with Gasteiger partial charge in [0.1, 0.15) is 0 Å². The maximum absolute atomic E-state index is 6.05. The number of benzene rings is 16. The molecule has 3 heteroatoms. The second kappa shape index (κ2) is 24.8. The van der Waals surface area contributed by atoms with Crippen molar-refractivity contribution in [3.05, 3.63) is 448 Å². The van der Waals surface area contributed by atoms with Gasteiger partial charge in [-0.3, -0.25) is 0 Å². The minimum atomic E-state index is -0.389. The second-order valence-electron chi connectivity index (χ2n) is 30.3. The molecule has 107 heavy (non-hydrogen) atoms. The molecule has 16 aromatic carbocycles. The largest absolute Gasteiger partial charge is 0.356 e. The first-order valence-electron chi connectivity index (χ1n) is 37.4. The summed E-state index contributed by atoms with van der Waals surface area (Å²) in [5, 5.41) is 4.39. The fourth-order valence-corrected chi connectivity index (χ4v) is 19.8. The van der Waals surface area contributed by atoms with E-state index >= 15 is 0 Å². The summed E-state index contributed by atoms with van der Waals surface area (Å²) >= 11 is 6.05. The number of para-hydroxylation sites is 2. The minimum absolute atomic E-state index is 0.0160. The predicted octanol–water partition coefficient (Wildman–Crippen LogP) is 27.6. The van der Waals surface area contributed by atoms with Crippen molar-refractivity contribution >= 4 is 40.0 Å². The zero-order chi connectivity index (χ0) is 71.8. The van der Waals surface area contributed by atoms with E-state index in [1.807, 2.05) is 18.2 Å². The van der Waals surface area contributed by atoms with Gasteiger partial charge < -0.3 is 10.2 Å². The molecule has 0 heterocycles. The van der Waals surface area contributed by atoms with E-state index in [1.54, 1.807) is 0 Å². The molecule has 0 aliphatic heterocycles. The molecule has 6 aliphatic carbocycles. The monoisotopic (exact) mass is 1390 g/mol. The third-order valence-electron chi connectivity index (χ3n) is 24.1. The van der Waals surface area contributed by atoms with Gasteiger partial charge >= 0.3 is 0 Å². The minimum Gasteiger partial charge on any atom is -0.356 e. The molecule has 0 radical (unpaired) electrons. The molecule has 0 bridgehead atoms. The SMILES string of the molecule is CC1(C)c2ccccc2-c2cccc(-c3ccc(Cl)cc3)c21.CC1(C)c2ccccc2-c2cccc(-c3ccc(N(c4ccccc4)c4ccc5c(c4)C4(c6ccccc6-c6ccccc64)c4ccccc4-5)cc3)c21.c1ccc(Nc2ccc3c(c2)C2(c4ccccc4-c4ccccc42)c2ccccc2-3)cc1. The van der Waals surface area contributed by atoms with Gasteiger partial charge in [-0.05, 0) is 229 Å². The van der Waals surface area contributed by atoms with Crippen molar-refractivity contribution in [3.8, 4) is 89.0 Å². The first-order valence-corrected chi connectivity index (χ1v) is 37.8. The van der Waals surface area contributed by atoms with Crippen molar-refractivity contribution in [2.45, 2.75) is 49.4 Å². The van der Waals surface area contributed by atoms with Crippen LogP contribution in [0.3, 0.4) is 0 Å². The van der Waals surface area contributed by atoms with Crippen molar-refractivity contribution in [2.24, 2.45) is 0 Å². The molecule has 2 nitrogen and oxygen atoms in total. The Bertz CT molecular complexity index is 6110. The number of rotatable bonds is 7. The molecule has 1 N–H and O–H groups in total. The summed E-state index contributed by atoms with van der Waals surface area (Å²) in [6, 6.07) is 138. The van der Waals surface area contributed by atoms with Crippen LogP contribution in [0.25, 0.3) is 89.0 Å². The van der Waals surface area contributed by atoms with E-state index in [0.717, 1.165) is 33.5 Å². The van der Waals surface area contributed by atoms with E-state index in [0.29, 0.717) is 0 Å². The van der Waals surface area contributed by atoms with Gasteiger partial charge in [-0.1, -0.05) is 343 Å². The highest BCUT2D eigenvalue weighted by Crippen LogP contribution is 2.66. The zero-order valence-electron chi connectivity index (χ0n) is 60.1. The van der Waals surface area contributed by atoms with Crippen LogP contribution in [0.4, 0.5) is 28.4 Å². The van der Waals surface area contributed by atoms with Crippen molar-refractivity contribution in [1.29, 1.82) is 0 Å². The second-order valence-corrected chi connectivity index (χ2v) is 30.7.